The predicted molar refractivity (Wildman–Crippen MR) is 101 cm³/mol. The Labute approximate surface area is 164 Å². The zero-order valence-corrected chi connectivity index (χ0v) is 16.4. The number of ether oxygens (including phenoxy) is 1. The van der Waals surface area contributed by atoms with Gasteiger partial charge in [-0.15, -0.1) is 0 Å². The maximum atomic E-state index is 12.8. The molecule has 2 atom stereocenters. The third kappa shape index (κ3) is 3.75. The Morgan fingerprint density at radius 3 is 2.33 bits per heavy atom. The molecule has 1 aliphatic carbocycles. The van der Waals surface area contributed by atoms with Crippen molar-refractivity contribution in [3.05, 3.63) is 70.2 Å². The van der Waals surface area contributed by atoms with Crippen molar-refractivity contribution in [3.8, 4) is 0 Å². The van der Waals surface area contributed by atoms with Gasteiger partial charge in [0, 0.05) is 10.4 Å². The van der Waals surface area contributed by atoms with Crippen LogP contribution < -0.4 is 0 Å². The number of benzene rings is 2. The van der Waals surface area contributed by atoms with Crippen LogP contribution >= 0.6 is 50.7 Å². The summed E-state index contributed by atoms with van der Waals surface area (Å²) in [6, 6.07) is 17.6. The van der Waals surface area contributed by atoms with Crippen LogP contribution in [-0.4, -0.2) is 16.4 Å². The van der Waals surface area contributed by atoms with Crippen LogP contribution in [0.2, 0.25) is 0 Å². The second kappa shape index (κ2) is 6.87. The van der Waals surface area contributed by atoms with Gasteiger partial charge in [0.1, 0.15) is 12.0 Å². The maximum absolute atomic E-state index is 12.8. The molecule has 0 aromatic heterocycles. The summed E-state index contributed by atoms with van der Waals surface area (Å²) < 4.78 is 4.66. The maximum Gasteiger partial charge on any atom is 0.317 e. The van der Waals surface area contributed by atoms with Gasteiger partial charge in [-0.05, 0) is 29.7 Å². The molecule has 0 aliphatic heterocycles. The smallest absolute Gasteiger partial charge is 0.317 e. The molecule has 0 unspecified atom stereocenters. The molecule has 0 spiro atoms. The highest BCUT2D eigenvalue weighted by molar-refractivity contribution is 9.10. The highest BCUT2D eigenvalue weighted by Crippen LogP contribution is 2.61. The van der Waals surface area contributed by atoms with Crippen molar-refractivity contribution in [2.24, 2.45) is 0 Å². The lowest BCUT2D eigenvalue weighted by Gasteiger charge is -2.19. The molecule has 6 heteroatoms. The molecule has 3 rings (SSSR count). The molecule has 1 fully saturated rings. The van der Waals surface area contributed by atoms with Crippen molar-refractivity contribution in [1.29, 1.82) is 0 Å². The zero-order valence-electron chi connectivity index (χ0n) is 12.5. The third-order valence-electron chi connectivity index (χ3n) is 4.25. The standard InChI is InChI=1S/C18H14BrCl3O2/c19-14-8-6-13(7-9-14)17(16(23)24-11-18(20,21)22)10-15(17)12-4-2-1-3-5-12/h1-9,15H,10-11H2/t15-,17+/m0/s1. The Kier molecular flexibility index (Phi) is 5.17. The third-order valence-corrected chi connectivity index (χ3v) is 5.11. The summed E-state index contributed by atoms with van der Waals surface area (Å²) in [7, 11) is 0. The number of esters is 1. The van der Waals surface area contributed by atoms with Gasteiger partial charge in [-0.25, -0.2) is 0 Å². The first-order valence-electron chi connectivity index (χ1n) is 7.38. The van der Waals surface area contributed by atoms with E-state index in [1.807, 2.05) is 54.6 Å². The van der Waals surface area contributed by atoms with Crippen LogP contribution in [0, 0.1) is 0 Å². The SMILES string of the molecule is O=C(OCC(Cl)(Cl)Cl)[C@@]1(c2ccc(Br)cc2)C[C@H]1c1ccccc1. The van der Waals surface area contributed by atoms with E-state index in [9.17, 15) is 4.79 Å². The Hall–Kier alpha value is -0.740. The van der Waals surface area contributed by atoms with Crippen LogP contribution in [0.4, 0.5) is 0 Å². The van der Waals surface area contributed by atoms with Crippen molar-refractivity contribution in [1.82, 2.24) is 0 Å². The van der Waals surface area contributed by atoms with Gasteiger partial charge < -0.3 is 4.74 Å². The van der Waals surface area contributed by atoms with Gasteiger partial charge in [0.05, 0.1) is 0 Å². The Morgan fingerprint density at radius 1 is 1.12 bits per heavy atom. The van der Waals surface area contributed by atoms with Crippen molar-refractivity contribution >= 4 is 56.7 Å². The molecule has 126 valence electrons. The normalized spacial score (nSPS) is 22.9. The van der Waals surface area contributed by atoms with Crippen LogP contribution in [-0.2, 0) is 14.9 Å². The quantitative estimate of drug-likeness (QED) is 0.437. The molecular weight excluding hydrogens is 434 g/mol. The molecular formula is C18H14BrCl3O2. The fourth-order valence-corrected chi connectivity index (χ4v) is 3.46. The van der Waals surface area contributed by atoms with Crippen molar-refractivity contribution in [2.45, 2.75) is 21.5 Å². The first kappa shape index (κ1) is 18.1. The lowest BCUT2D eigenvalue weighted by molar-refractivity contribution is -0.146. The fourth-order valence-electron chi connectivity index (χ4n) is 3.04. The van der Waals surface area contributed by atoms with Crippen molar-refractivity contribution < 1.29 is 9.53 Å². The van der Waals surface area contributed by atoms with Gasteiger partial charge in [-0.1, -0.05) is 93.2 Å². The first-order chi connectivity index (χ1) is 11.3. The molecule has 0 amide bonds. The van der Waals surface area contributed by atoms with E-state index >= 15 is 0 Å². The summed E-state index contributed by atoms with van der Waals surface area (Å²) in [5, 5.41) is 0. The average Bonchev–Trinajstić information content (AvgIpc) is 3.30. The van der Waals surface area contributed by atoms with Gasteiger partial charge in [-0.2, -0.15) is 0 Å². The molecule has 0 bridgehead atoms. The van der Waals surface area contributed by atoms with Gasteiger partial charge in [0.25, 0.3) is 0 Å². The van der Waals surface area contributed by atoms with E-state index in [-0.39, 0.29) is 18.5 Å². The summed E-state index contributed by atoms with van der Waals surface area (Å²) in [5.74, 6) is -0.298. The number of rotatable bonds is 4. The van der Waals surface area contributed by atoms with E-state index < -0.39 is 9.21 Å². The molecule has 0 heterocycles. The van der Waals surface area contributed by atoms with Gasteiger partial charge in [0.2, 0.25) is 3.79 Å². The van der Waals surface area contributed by atoms with Crippen LogP contribution in [0.15, 0.2) is 59.1 Å². The van der Waals surface area contributed by atoms with Crippen LogP contribution in [0.3, 0.4) is 0 Å². The summed E-state index contributed by atoms with van der Waals surface area (Å²) in [4.78, 5) is 12.8. The van der Waals surface area contributed by atoms with Crippen LogP contribution in [0.25, 0.3) is 0 Å². The fraction of sp³-hybridized carbons (Fsp3) is 0.278. The zero-order chi connectivity index (χ0) is 17.4. The molecule has 0 N–H and O–H groups in total. The number of hydrogen-bond donors (Lipinski definition) is 0. The van der Waals surface area contributed by atoms with E-state index in [0.717, 1.165) is 15.6 Å². The monoisotopic (exact) mass is 446 g/mol. The van der Waals surface area contributed by atoms with E-state index in [1.165, 1.54) is 0 Å². The van der Waals surface area contributed by atoms with Crippen molar-refractivity contribution in [2.75, 3.05) is 6.61 Å². The molecule has 0 radical (unpaired) electrons. The minimum Gasteiger partial charge on any atom is -0.460 e. The summed E-state index contributed by atoms with van der Waals surface area (Å²) >= 11 is 20.6. The number of hydrogen-bond acceptors (Lipinski definition) is 2. The van der Waals surface area contributed by atoms with E-state index in [4.69, 9.17) is 39.5 Å². The Balaban J connectivity index is 1.91. The van der Waals surface area contributed by atoms with Gasteiger partial charge in [-0.3, -0.25) is 4.79 Å². The number of carbonyl (C=O) groups excluding carboxylic acids is 1. The molecule has 24 heavy (non-hydrogen) atoms. The molecule has 0 saturated heterocycles. The van der Waals surface area contributed by atoms with E-state index in [0.29, 0.717) is 6.42 Å². The average molecular weight is 449 g/mol. The van der Waals surface area contributed by atoms with Crippen LogP contribution in [0.1, 0.15) is 23.5 Å². The molecule has 2 aromatic carbocycles. The second-order valence-electron chi connectivity index (χ2n) is 5.84. The first-order valence-corrected chi connectivity index (χ1v) is 9.30. The number of halogens is 4. The molecule has 2 aromatic rings. The molecule has 1 saturated carbocycles. The Bertz CT molecular complexity index is 728. The second-order valence-corrected chi connectivity index (χ2v) is 9.27. The number of carbonyl (C=O) groups is 1. The minimum atomic E-state index is -1.62. The lowest BCUT2D eigenvalue weighted by atomic mass is 9.91. The topological polar surface area (TPSA) is 26.3 Å². The predicted octanol–water partition coefficient (Wildman–Crippen LogP) is 5.79. The Morgan fingerprint density at radius 2 is 1.75 bits per heavy atom. The van der Waals surface area contributed by atoms with Crippen molar-refractivity contribution in [3.63, 3.8) is 0 Å². The van der Waals surface area contributed by atoms with Gasteiger partial charge >= 0.3 is 5.97 Å². The van der Waals surface area contributed by atoms with E-state index in [2.05, 4.69) is 15.9 Å². The highest BCUT2D eigenvalue weighted by Gasteiger charge is 2.63. The summed E-state index contributed by atoms with van der Waals surface area (Å²) in [6.07, 6.45) is 0.678. The number of alkyl halides is 3. The van der Waals surface area contributed by atoms with Crippen LogP contribution in [0.5, 0.6) is 0 Å². The highest BCUT2D eigenvalue weighted by atomic mass is 79.9. The van der Waals surface area contributed by atoms with E-state index in [1.54, 1.807) is 0 Å². The largest absolute Gasteiger partial charge is 0.460 e. The lowest BCUT2D eigenvalue weighted by Crippen LogP contribution is -2.28. The summed E-state index contributed by atoms with van der Waals surface area (Å²) in [6.45, 7) is -0.268. The minimum absolute atomic E-state index is 0.0581. The molecule has 1 aliphatic rings. The van der Waals surface area contributed by atoms with Gasteiger partial charge in [0.15, 0.2) is 0 Å². The molecule has 2 nitrogen and oxygen atoms in total. The summed E-state index contributed by atoms with van der Waals surface area (Å²) in [5.41, 5.74) is 1.29.